The molecule has 0 aliphatic heterocycles. The standard InChI is InChI=1S/C15H25N/c1-12(2)15-8-6-14(7-9-15)5-4-13(3)10-11-16/h6-9,12-13H,4-5,10-11,16H2,1-3H3. The van der Waals surface area contributed by atoms with E-state index in [-0.39, 0.29) is 0 Å². The van der Waals surface area contributed by atoms with Crippen molar-refractivity contribution < 1.29 is 0 Å². The smallest absolute Gasteiger partial charge is 0.00747 e. The van der Waals surface area contributed by atoms with Crippen molar-refractivity contribution in [2.75, 3.05) is 6.54 Å². The number of rotatable bonds is 6. The topological polar surface area (TPSA) is 26.0 Å². The van der Waals surface area contributed by atoms with Gasteiger partial charge in [0.25, 0.3) is 0 Å². The zero-order valence-corrected chi connectivity index (χ0v) is 10.9. The van der Waals surface area contributed by atoms with E-state index < -0.39 is 0 Å². The van der Waals surface area contributed by atoms with Crippen molar-refractivity contribution in [3.8, 4) is 0 Å². The maximum absolute atomic E-state index is 5.55. The van der Waals surface area contributed by atoms with Gasteiger partial charge in [-0.15, -0.1) is 0 Å². The van der Waals surface area contributed by atoms with Crippen molar-refractivity contribution in [1.82, 2.24) is 0 Å². The van der Waals surface area contributed by atoms with E-state index in [4.69, 9.17) is 5.73 Å². The minimum atomic E-state index is 0.630. The predicted molar refractivity (Wildman–Crippen MR) is 71.7 cm³/mol. The van der Waals surface area contributed by atoms with Crippen LogP contribution >= 0.6 is 0 Å². The van der Waals surface area contributed by atoms with Crippen LogP contribution in [-0.4, -0.2) is 6.54 Å². The molecule has 2 N–H and O–H groups in total. The summed E-state index contributed by atoms with van der Waals surface area (Å²) >= 11 is 0. The normalized spacial score (nSPS) is 13.1. The minimum Gasteiger partial charge on any atom is -0.330 e. The summed E-state index contributed by atoms with van der Waals surface area (Å²) in [5, 5.41) is 0. The molecular weight excluding hydrogens is 194 g/mol. The van der Waals surface area contributed by atoms with Crippen LogP contribution in [0.15, 0.2) is 24.3 Å². The van der Waals surface area contributed by atoms with Crippen molar-refractivity contribution in [3.63, 3.8) is 0 Å². The molecule has 0 saturated carbocycles. The van der Waals surface area contributed by atoms with E-state index in [0.717, 1.165) is 18.9 Å². The van der Waals surface area contributed by atoms with Crippen molar-refractivity contribution >= 4 is 0 Å². The lowest BCUT2D eigenvalue weighted by Gasteiger charge is -2.10. The van der Waals surface area contributed by atoms with Crippen LogP contribution in [-0.2, 0) is 6.42 Å². The Bertz CT molecular complexity index is 287. The molecular formula is C15H25N. The summed E-state index contributed by atoms with van der Waals surface area (Å²) in [6.45, 7) is 7.57. The van der Waals surface area contributed by atoms with E-state index in [1.54, 1.807) is 0 Å². The van der Waals surface area contributed by atoms with E-state index in [1.165, 1.54) is 24.0 Å². The average Bonchev–Trinajstić information content (AvgIpc) is 2.27. The van der Waals surface area contributed by atoms with Gasteiger partial charge in [0.15, 0.2) is 0 Å². The highest BCUT2D eigenvalue weighted by molar-refractivity contribution is 5.24. The van der Waals surface area contributed by atoms with Crippen molar-refractivity contribution in [2.45, 2.75) is 46.0 Å². The van der Waals surface area contributed by atoms with Gasteiger partial charge in [0.2, 0.25) is 0 Å². The monoisotopic (exact) mass is 219 g/mol. The molecule has 1 nitrogen and oxygen atoms in total. The molecule has 1 rings (SSSR count). The fourth-order valence-electron chi connectivity index (χ4n) is 1.91. The van der Waals surface area contributed by atoms with Crippen LogP contribution in [0.5, 0.6) is 0 Å². The summed E-state index contributed by atoms with van der Waals surface area (Å²) in [5.74, 6) is 1.37. The number of nitrogens with two attached hydrogens (primary N) is 1. The first kappa shape index (κ1) is 13.2. The van der Waals surface area contributed by atoms with Gasteiger partial charge in [-0.25, -0.2) is 0 Å². The van der Waals surface area contributed by atoms with Crippen LogP contribution in [0.2, 0.25) is 0 Å². The third-order valence-corrected chi connectivity index (χ3v) is 3.23. The van der Waals surface area contributed by atoms with Crippen molar-refractivity contribution in [2.24, 2.45) is 11.7 Å². The molecule has 0 radical (unpaired) electrons. The molecule has 0 fully saturated rings. The molecule has 0 aliphatic carbocycles. The van der Waals surface area contributed by atoms with Crippen LogP contribution in [0.1, 0.15) is 50.7 Å². The van der Waals surface area contributed by atoms with Gasteiger partial charge < -0.3 is 5.73 Å². The summed E-state index contributed by atoms with van der Waals surface area (Å²) in [4.78, 5) is 0. The Kier molecular flexibility index (Phi) is 5.54. The number of hydrogen-bond acceptors (Lipinski definition) is 1. The van der Waals surface area contributed by atoms with E-state index in [9.17, 15) is 0 Å². The van der Waals surface area contributed by atoms with Crippen molar-refractivity contribution in [1.29, 1.82) is 0 Å². The Morgan fingerprint density at radius 3 is 2.12 bits per heavy atom. The molecule has 1 aromatic carbocycles. The first-order chi connectivity index (χ1) is 7.63. The highest BCUT2D eigenvalue weighted by atomic mass is 14.5. The molecule has 0 heterocycles. The Balaban J connectivity index is 2.43. The van der Waals surface area contributed by atoms with Gasteiger partial charge in [0.1, 0.15) is 0 Å². The summed E-state index contributed by atoms with van der Waals surface area (Å²) in [6, 6.07) is 9.05. The maximum Gasteiger partial charge on any atom is -0.00747 e. The molecule has 1 aromatic rings. The third kappa shape index (κ3) is 4.36. The molecule has 0 spiro atoms. The van der Waals surface area contributed by atoms with Gasteiger partial charge in [-0.05, 0) is 48.8 Å². The van der Waals surface area contributed by atoms with Crippen LogP contribution < -0.4 is 5.73 Å². The fourth-order valence-corrected chi connectivity index (χ4v) is 1.91. The van der Waals surface area contributed by atoms with Crippen LogP contribution in [0, 0.1) is 5.92 Å². The van der Waals surface area contributed by atoms with Gasteiger partial charge in [-0.3, -0.25) is 0 Å². The number of hydrogen-bond donors (Lipinski definition) is 1. The Hall–Kier alpha value is -0.820. The molecule has 0 saturated heterocycles. The molecule has 0 bridgehead atoms. The highest BCUT2D eigenvalue weighted by Crippen LogP contribution is 2.17. The summed E-state index contributed by atoms with van der Waals surface area (Å²) in [6.07, 6.45) is 3.57. The highest BCUT2D eigenvalue weighted by Gasteiger charge is 2.02. The molecule has 0 aliphatic rings. The zero-order valence-electron chi connectivity index (χ0n) is 10.9. The summed E-state index contributed by atoms with van der Waals surface area (Å²) in [7, 11) is 0. The van der Waals surface area contributed by atoms with E-state index in [2.05, 4.69) is 45.0 Å². The van der Waals surface area contributed by atoms with Crippen LogP contribution in [0.25, 0.3) is 0 Å². The van der Waals surface area contributed by atoms with Gasteiger partial charge in [0.05, 0.1) is 0 Å². The van der Waals surface area contributed by atoms with Crippen LogP contribution in [0.3, 0.4) is 0 Å². The third-order valence-electron chi connectivity index (χ3n) is 3.23. The molecule has 1 heteroatoms. The first-order valence-electron chi connectivity index (χ1n) is 6.42. The fraction of sp³-hybridized carbons (Fsp3) is 0.600. The van der Waals surface area contributed by atoms with Gasteiger partial charge >= 0.3 is 0 Å². The molecule has 1 atom stereocenters. The number of benzene rings is 1. The molecule has 1 unspecified atom stereocenters. The molecule has 0 aromatic heterocycles. The van der Waals surface area contributed by atoms with Crippen LogP contribution in [0.4, 0.5) is 0 Å². The molecule has 0 amide bonds. The number of aryl methyl sites for hydroxylation is 1. The van der Waals surface area contributed by atoms with E-state index >= 15 is 0 Å². The SMILES string of the molecule is CC(CCN)CCc1ccc(C(C)C)cc1. The van der Waals surface area contributed by atoms with Gasteiger partial charge in [0, 0.05) is 0 Å². The quantitative estimate of drug-likeness (QED) is 0.775. The largest absolute Gasteiger partial charge is 0.330 e. The lowest BCUT2D eigenvalue weighted by molar-refractivity contribution is 0.500. The maximum atomic E-state index is 5.55. The van der Waals surface area contributed by atoms with Gasteiger partial charge in [-0.1, -0.05) is 45.0 Å². The van der Waals surface area contributed by atoms with E-state index in [0.29, 0.717) is 5.92 Å². The second-order valence-corrected chi connectivity index (χ2v) is 5.12. The predicted octanol–water partition coefficient (Wildman–Crippen LogP) is 3.73. The minimum absolute atomic E-state index is 0.630. The lowest BCUT2D eigenvalue weighted by Crippen LogP contribution is -2.06. The first-order valence-corrected chi connectivity index (χ1v) is 6.42. The summed E-state index contributed by atoms with van der Waals surface area (Å²) in [5.41, 5.74) is 8.43. The Morgan fingerprint density at radius 2 is 1.62 bits per heavy atom. The average molecular weight is 219 g/mol. The molecule has 90 valence electrons. The summed E-state index contributed by atoms with van der Waals surface area (Å²) < 4.78 is 0. The zero-order chi connectivity index (χ0) is 12.0. The molecule has 16 heavy (non-hydrogen) atoms. The van der Waals surface area contributed by atoms with E-state index in [1.807, 2.05) is 0 Å². The Labute approximate surface area is 100 Å². The lowest BCUT2D eigenvalue weighted by atomic mass is 9.96. The van der Waals surface area contributed by atoms with Crippen molar-refractivity contribution in [3.05, 3.63) is 35.4 Å². The van der Waals surface area contributed by atoms with Gasteiger partial charge in [-0.2, -0.15) is 0 Å². The second-order valence-electron chi connectivity index (χ2n) is 5.12. The Morgan fingerprint density at radius 1 is 1.00 bits per heavy atom. The second kappa shape index (κ2) is 6.70.